The topological polar surface area (TPSA) is 80.3 Å². The van der Waals surface area contributed by atoms with Crippen LogP contribution in [0.4, 0.5) is 5.82 Å². The van der Waals surface area contributed by atoms with Gasteiger partial charge in [-0.15, -0.1) is 0 Å². The van der Waals surface area contributed by atoms with Crippen molar-refractivity contribution in [2.75, 3.05) is 5.32 Å². The number of aromatic nitrogens is 5. The maximum absolute atomic E-state index is 10.3. The Morgan fingerprint density at radius 2 is 2.10 bits per heavy atom. The molecule has 0 aliphatic heterocycles. The molecule has 0 saturated heterocycles. The zero-order valence-corrected chi connectivity index (χ0v) is 18.2. The van der Waals surface area contributed by atoms with Gasteiger partial charge in [0, 0.05) is 37.6 Å². The molecule has 0 radical (unpaired) electrons. The Bertz CT molecular complexity index is 1170. The van der Waals surface area contributed by atoms with Crippen molar-refractivity contribution < 1.29 is 5.11 Å². The Labute approximate surface area is 177 Å². The molecule has 2 N–H and O–H groups in total. The van der Waals surface area contributed by atoms with Crippen LogP contribution in [0.15, 0.2) is 47.2 Å². The van der Waals surface area contributed by atoms with Gasteiger partial charge in [-0.05, 0) is 40.9 Å². The van der Waals surface area contributed by atoms with Gasteiger partial charge in [-0.25, -0.2) is 9.97 Å². The Kier molecular flexibility index (Phi) is 5.38. The summed E-state index contributed by atoms with van der Waals surface area (Å²) in [6.07, 6.45) is 3.71. The normalized spacial score (nSPS) is 12.4. The number of nitrogens with zero attached hydrogens (tertiary/aromatic N) is 5. The highest BCUT2D eigenvalue weighted by molar-refractivity contribution is 9.10. The number of hydrogen-bond donors (Lipinski definition) is 2. The molecule has 150 valence electrons. The molecule has 0 aliphatic carbocycles. The summed E-state index contributed by atoms with van der Waals surface area (Å²) in [5, 5.41) is 18.3. The van der Waals surface area contributed by atoms with E-state index in [1.807, 2.05) is 43.8 Å². The molecule has 3 aromatic heterocycles. The molecule has 4 rings (SSSR count). The highest BCUT2D eigenvalue weighted by Gasteiger charge is 2.16. The van der Waals surface area contributed by atoms with Crippen LogP contribution in [0.3, 0.4) is 0 Å². The molecule has 8 heteroatoms. The largest absolute Gasteiger partial charge is 0.387 e. The molecular weight excluding hydrogens is 432 g/mol. The third-order valence-electron chi connectivity index (χ3n) is 4.92. The second-order valence-corrected chi connectivity index (χ2v) is 7.83. The van der Waals surface area contributed by atoms with E-state index in [1.165, 1.54) is 0 Å². The predicted molar refractivity (Wildman–Crippen MR) is 117 cm³/mol. The predicted octanol–water partition coefficient (Wildman–Crippen LogP) is 4.26. The van der Waals surface area contributed by atoms with Crippen LogP contribution < -0.4 is 5.32 Å². The first-order valence-corrected chi connectivity index (χ1v) is 10.3. The number of fused-ring (bicyclic) bond motifs is 1. The van der Waals surface area contributed by atoms with Crippen LogP contribution in [0.2, 0.25) is 0 Å². The fourth-order valence-electron chi connectivity index (χ4n) is 3.28. The Balaban J connectivity index is 1.66. The Morgan fingerprint density at radius 3 is 2.83 bits per heavy atom. The van der Waals surface area contributed by atoms with Gasteiger partial charge < -0.3 is 15.0 Å². The van der Waals surface area contributed by atoms with E-state index >= 15 is 0 Å². The minimum Gasteiger partial charge on any atom is -0.387 e. The van der Waals surface area contributed by atoms with Crippen LogP contribution in [0, 0.1) is 6.92 Å². The third-order valence-corrected chi connectivity index (χ3v) is 5.85. The molecule has 0 amide bonds. The van der Waals surface area contributed by atoms with Gasteiger partial charge in [-0.3, -0.25) is 0 Å². The molecule has 1 aromatic carbocycles. The average Bonchev–Trinajstić information content (AvgIpc) is 3.29. The van der Waals surface area contributed by atoms with Crippen molar-refractivity contribution >= 4 is 27.4 Å². The average molecular weight is 455 g/mol. The van der Waals surface area contributed by atoms with E-state index < -0.39 is 6.10 Å². The molecule has 1 unspecified atom stereocenters. The Morgan fingerprint density at radius 1 is 1.28 bits per heavy atom. The number of nitrogens with one attached hydrogen (secondary N) is 1. The van der Waals surface area contributed by atoms with Crippen molar-refractivity contribution in [1.29, 1.82) is 0 Å². The maximum atomic E-state index is 10.3. The number of halogens is 1. The zero-order chi connectivity index (χ0) is 20.5. The van der Waals surface area contributed by atoms with Crippen molar-refractivity contribution in [3.05, 3.63) is 64.1 Å². The molecule has 3 heterocycles. The summed E-state index contributed by atoms with van der Waals surface area (Å²) in [4.78, 5) is 9.02. The third kappa shape index (κ3) is 3.77. The van der Waals surface area contributed by atoms with Crippen molar-refractivity contribution in [3.8, 4) is 11.4 Å². The molecule has 1 atom stereocenters. The van der Waals surface area contributed by atoms with Gasteiger partial charge in [-0.2, -0.15) is 9.61 Å². The maximum Gasteiger partial charge on any atom is 0.172 e. The van der Waals surface area contributed by atoms with Crippen molar-refractivity contribution in [2.45, 2.75) is 32.9 Å². The van der Waals surface area contributed by atoms with Crippen LogP contribution in [0.5, 0.6) is 0 Å². The SMILES string of the molecule is CCC(O)c1cc(NCc2cccc(-c3nccn3C)c2)n2nc(C)c(Br)c2n1. The summed E-state index contributed by atoms with van der Waals surface area (Å²) in [5.41, 5.74) is 4.36. The highest BCUT2D eigenvalue weighted by Crippen LogP contribution is 2.27. The summed E-state index contributed by atoms with van der Waals surface area (Å²) in [6, 6.07) is 10.1. The van der Waals surface area contributed by atoms with Crippen molar-refractivity contribution in [2.24, 2.45) is 7.05 Å². The standard InChI is InChI=1S/C21H23BrN6O/c1-4-17(29)16-11-18(28-21(25-16)19(22)13(2)26-28)24-12-14-6-5-7-15(10-14)20-23-8-9-27(20)3/h5-11,17,24,29H,4,12H2,1-3H3. The second-order valence-electron chi connectivity index (χ2n) is 7.04. The number of imidazole rings is 1. The van der Waals surface area contributed by atoms with Crippen LogP contribution in [-0.2, 0) is 13.6 Å². The molecule has 0 bridgehead atoms. The molecule has 4 aromatic rings. The lowest BCUT2D eigenvalue weighted by Gasteiger charge is -2.13. The molecule has 0 spiro atoms. The van der Waals surface area contributed by atoms with Crippen LogP contribution in [-0.4, -0.2) is 29.3 Å². The number of aliphatic hydroxyl groups is 1. The summed E-state index contributed by atoms with van der Waals surface area (Å²) in [6.45, 7) is 4.47. The minimum atomic E-state index is -0.616. The van der Waals surface area contributed by atoms with Gasteiger partial charge in [0.25, 0.3) is 0 Å². The zero-order valence-electron chi connectivity index (χ0n) is 16.6. The lowest BCUT2D eigenvalue weighted by Crippen LogP contribution is -2.09. The van der Waals surface area contributed by atoms with Gasteiger partial charge in [0.15, 0.2) is 5.65 Å². The molecule has 29 heavy (non-hydrogen) atoms. The van der Waals surface area contributed by atoms with E-state index in [4.69, 9.17) is 0 Å². The summed E-state index contributed by atoms with van der Waals surface area (Å²) in [5.74, 6) is 1.71. The number of anilines is 1. The number of benzene rings is 1. The first-order chi connectivity index (χ1) is 14.0. The van der Waals surface area contributed by atoms with Gasteiger partial charge >= 0.3 is 0 Å². The fraction of sp³-hybridized carbons (Fsp3) is 0.286. The first-order valence-electron chi connectivity index (χ1n) is 9.52. The molecular formula is C21H23BrN6O. The van der Waals surface area contributed by atoms with E-state index in [2.05, 4.69) is 54.5 Å². The molecule has 0 aliphatic rings. The number of rotatable bonds is 6. The van der Waals surface area contributed by atoms with Crippen LogP contribution in [0.1, 0.15) is 36.4 Å². The molecule has 0 saturated carbocycles. The van der Waals surface area contributed by atoms with Crippen LogP contribution in [0.25, 0.3) is 17.0 Å². The number of aryl methyl sites for hydroxylation is 2. The minimum absolute atomic E-state index is 0.596. The monoisotopic (exact) mass is 454 g/mol. The summed E-state index contributed by atoms with van der Waals surface area (Å²) in [7, 11) is 1.99. The number of aliphatic hydroxyl groups excluding tert-OH is 1. The van der Waals surface area contributed by atoms with Gasteiger partial charge in [0.1, 0.15) is 11.6 Å². The van der Waals surface area contributed by atoms with E-state index in [1.54, 1.807) is 10.7 Å². The quantitative estimate of drug-likeness (QED) is 0.454. The first kappa shape index (κ1) is 19.6. The number of hydrogen-bond acceptors (Lipinski definition) is 5. The van der Waals surface area contributed by atoms with E-state index in [9.17, 15) is 5.11 Å². The molecule has 7 nitrogen and oxygen atoms in total. The van der Waals surface area contributed by atoms with E-state index in [0.717, 1.165) is 32.9 Å². The van der Waals surface area contributed by atoms with E-state index in [-0.39, 0.29) is 0 Å². The Hall–Kier alpha value is -2.71. The fourth-order valence-corrected chi connectivity index (χ4v) is 3.61. The molecule has 0 fully saturated rings. The lowest BCUT2D eigenvalue weighted by molar-refractivity contribution is 0.169. The van der Waals surface area contributed by atoms with Gasteiger partial charge in [-0.1, -0.05) is 25.1 Å². The van der Waals surface area contributed by atoms with E-state index in [0.29, 0.717) is 24.3 Å². The van der Waals surface area contributed by atoms with Gasteiger partial charge in [0.05, 0.1) is 22.0 Å². The summed E-state index contributed by atoms with van der Waals surface area (Å²) >= 11 is 3.56. The van der Waals surface area contributed by atoms with Crippen LogP contribution >= 0.6 is 15.9 Å². The lowest BCUT2D eigenvalue weighted by atomic mass is 10.1. The summed E-state index contributed by atoms with van der Waals surface area (Å²) < 4.78 is 4.61. The van der Waals surface area contributed by atoms with Crippen molar-refractivity contribution in [1.82, 2.24) is 24.1 Å². The van der Waals surface area contributed by atoms with Crippen molar-refractivity contribution in [3.63, 3.8) is 0 Å². The second kappa shape index (κ2) is 7.96. The highest BCUT2D eigenvalue weighted by atomic mass is 79.9. The smallest absolute Gasteiger partial charge is 0.172 e. The van der Waals surface area contributed by atoms with Gasteiger partial charge in [0.2, 0.25) is 0 Å².